The highest BCUT2D eigenvalue weighted by atomic mass is 16.5. The number of carbonyl (C=O) groups excluding carboxylic acids is 1. The Morgan fingerprint density at radius 3 is 2.48 bits per heavy atom. The highest BCUT2D eigenvalue weighted by Crippen LogP contribution is 2.40. The molecule has 3 atom stereocenters. The van der Waals surface area contributed by atoms with Crippen molar-refractivity contribution in [3.63, 3.8) is 0 Å². The van der Waals surface area contributed by atoms with E-state index in [1.165, 1.54) is 24.9 Å². The van der Waals surface area contributed by atoms with E-state index < -0.39 is 0 Å². The molecule has 0 spiro atoms. The van der Waals surface area contributed by atoms with Crippen molar-refractivity contribution in [2.45, 2.75) is 81.5 Å². The minimum atomic E-state index is -0.164. The SMILES string of the molecule is O=C(NCC1(N2CCOCC2)CCCCC1)c1ccc2[nH]nc(-c3ccc(N4[C@@H]5CC[C@H]4CC(O)C5)cc3)c2c1. The van der Waals surface area contributed by atoms with E-state index >= 15 is 0 Å². The number of carbonyl (C=O) groups is 1. The lowest BCUT2D eigenvalue weighted by atomic mass is 9.79. The van der Waals surface area contributed by atoms with Gasteiger partial charge in [0.2, 0.25) is 0 Å². The van der Waals surface area contributed by atoms with Crippen LogP contribution in [0.25, 0.3) is 22.2 Å². The van der Waals surface area contributed by atoms with Crippen LogP contribution in [-0.4, -0.2) is 82.7 Å². The lowest BCUT2D eigenvalue weighted by Gasteiger charge is -2.48. The minimum absolute atomic E-state index is 0.0228. The normalized spacial score (nSPS) is 26.7. The number of nitrogens with one attached hydrogen (secondary N) is 2. The Labute approximate surface area is 236 Å². The van der Waals surface area contributed by atoms with Gasteiger partial charge in [-0.1, -0.05) is 31.4 Å². The molecule has 1 unspecified atom stereocenters. The Hall–Kier alpha value is -2.94. The van der Waals surface area contributed by atoms with E-state index in [-0.39, 0.29) is 17.6 Å². The molecular formula is C32H41N5O3. The van der Waals surface area contributed by atoms with E-state index in [1.807, 2.05) is 18.2 Å². The van der Waals surface area contributed by atoms with Crippen LogP contribution in [-0.2, 0) is 4.74 Å². The first-order valence-electron chi connectivity index (χ1n) is 15.3. The first-order chi connectivity index (χ1) is 19.6. The predicted molar refractivity (Wildman–Crippen MR) is 157 cm³/mol. The van der Waals surface area contributed by atoms with Crippen molar-refractivity contribution in [2.24, 2.45) is 0 Å². The van der Waals surface area contributed by atoms with Gasteiger partial charge in [-0.25, -0.2) is 0 Å². The van der Waals surface area contributed by atoms with Gasteiger partial charge in [-0.3, -0.25) is 14.8 Å². The quantitative estimate of drug-likeness (QED) is 0.424. The van der Waals surface area contributed by atoms with E-state index in [1.54, 1.807) is 0 Å². The maximum atomic E-state index is 13.4. The molecule has 3 saturated heterocycles. The second-order valence-corrected chi connectivity index (χ2v) is 12.4. The van der Waals surface area contributed by atoms with Gasteiger partial charge < -0.3 is 20.1 Å². The maximum absolute atomic E-state index is 13.4. The number of aliphatic hydroxyl groups excluding tert-OH is 1. The fraction of sp³-hybridized carbons (Fsp3) is 0.562. The third-order valence-electron chi connectivity index (χ3n) is 10.0. The molecule has 212 valence electrons. The molecule has 2 bridgehead atoms. The largest absolute Gasteiger partial charge is 0.393 e. The zero-order valence-electron chi connectivity index (χ0n) is 23.3. The number of amides is 1. The van der Waals surface area contributed by atoms with Crippen LogP contribution in [0.1, 0.15) is 68.1 Å². The Morgan fingerprint density at radius 1 is 1.02 bits per heavy atom. The summed E-state index contributed by atoms with van der Waals surface area (Å²) >= 11 is 0. The summed E-state index contributed by atoms with van der Waals surface area (Å²) in [5.74, 6) is -0.0228. The zero-order chi connectivity index (χ0) is 27.1. The van der Waals surface area contributed by atoms with Crippen molar-refractivity contribution in [2.75, 3.05) is 37.7 Å². The molecule has 1 saturated carbocycles. The molecule has 0 radical (unpaired) electrons. The van der Waals surface area contributed by atoms with Crippen molar-refractivity contribution in [1.82, 2.24) is 20.4 Å². The first kappa shape index (κ1) is 26.0. The molecular weight excluding hydrogens is 502 g/mol. The summed E-state index contributed by atoms with van der Waals surface area (Å²) in [5.41, 5.74) is 4.76. The smallest absolute Gasteiger partial charge is 0.251 e. The molecule has 8 heteroatoms. The Bertz CT molecular complexity index is 1330. The molecule has 1 amide bonds. The number of hydrogen-bond donors (Lipinski definition) is 3. The molecule has 3 N–H and O–H groups in total. The van der Waals surface area contributed by atoms with Crippen molar-refractivity contribution in [1.29, 1.82) is 0 Å². The van der Waals surface area contributed by atoms with Crippen LogP contribution in [0.5, 0.6) is 0 Å². The Kier molecular flexibility index (Phi) is 7.02. The van der Waals surface area contributed by atoms with Gasteiger partial charge in [0.15, 0.2) is 0 Å². The van der Waals surface area contributed by atoms with Crippen molar-refractivity contribution in [3.8, 4) is 11.3 Å². The summed E-state index contributed by atoms with van der Waals surface area (Å²) in [6, 6.07) is 15.3. The van der Waals surface area contributed by atoms with E-state index in [9.17, 15) is 9.90 Å². The maximum Gasteiger partial charge on any atom is 0.251 e. The summed E-state index contributed by atoms with van der Waals surface area (Å²) in [6.45, 7) is 4.12. The van der Waals surface area contributed by atoms with E-state index in [2.05, 4.69) is 49.6 Å². The number of aliphatic hydroxyl groups is 1. The predicted octanol–water partition coefficient (Wildman–Crippen LogP) is 4.49. The lowest BCUT2D eigenvalue weighted by molar-refractivity contribution is -0.0361. The second kappa shape index (κ2) is 10.8. The molecule has 3 aliphatic heterocycles. The van der Waals surface area contributed by atoms with Gasteiger partial charge in [-0.15, -0.1) is 0 Å². The number of fused-ring (bicyclic) bond motifs is 3. The monoisotopic (exact) mass is 543 g/mol. The molecule has 4 aliphatic rings. The van der Waals surface area contributed by atoms with Crippen LogP contribution in [0.2, 0.25) is 0 Å². The molecule has 7 rings (SSSR count). The molecule has 4 fully saturated rings. The number of rotatable bonds is 6. The topological polar surface area (TPSA) is 93.7 Å². The molecule has 4 heterocycles. The Morgan fingerprint density at radius 2 is 1.75 bits per heavy atom. The van der Waals surface area contributed by atoms with Crippen LogP contribution in [0.15, 0.2) is 42.5 Å². The van der Waals surface area contributed by atoms with Crippen LogP contribution < -0.4 is 10.2 Å². The van der Waals surface area contributed by atoms with Crippen molar-refractivity contribution >= 4 is 22.5 Å². The van der Waals surface area contributed by atoms with Gasteiger partial charge in [-0.2, -0.15) is 5.10 Å². The van der Waals surface area contributed by atoms with Crippen molar-refractivity contribution < 1.29 is 14.6 Å². The van der Waals surface area contributed by atoms with Gasteiger partial charge >= 0.3 is 0 Å². The number of nitrogens with zero attached hydrogens (tertiary/aromatic N) is 3. The number of hydrogen-bond acceptors (Lipinski definition) is 6. The number of benzene rings is 2. The average Bonchev–Trinajstić information content (AvgIpc) is 3.55. The second-order valence-electron chi connectivity index (χ2n) is 12.4. The molecule has 8 nitrogen and oxygen atoms in total. The third kappa shape index (κ3) is 4.80. The molecule has 2 aromatic carbocycles. The zero-order valence-corrected chi connectivity index (χ0v) is 23.3. The molecule has 3 aromatic rings. The van der Waals surface area contributed by atoms with E-state index in [4.69, 9.17) is 4.74 Å². The minimum Gasteiger partial charge on any atom is -0.393 e. The van der Waals surface area contributed by atoms with Gasteiger partial charge in [-0.05, 0) is 68.9 Å². The Balaban J connectivity index is 1.09. The summed E-state index contributed by atoms with van der Waals surface area (Å²) in [6.07, 6.45) is 9.86. The summed E-state index contributed by atoms with van der Waals surface area (Å²) in [4.78, 5) is 18.5. The fourth-order valence-electron chi connectivity index (χ4n) is 7.94. The fourth-order valence-corrected chi connectivity index (χ4v) is 7.94. The summed E-state index contributed by atoms with van der Waals surface area (Å²) in [7, 11) is 0. The first-order valence-corrected chi connectivity index (χ1v) is 15.3. The van der Waals surface area contributed by atoms with Gasteiger partial charge in [0, 0.05) is 59.5 Å². The molecule has 1 aliphatic carbocycles. The van der Waals surface area contributed by atoms with E-state index in [0.29, 0.717) is 24.2 Å². The number of anilines is 1. The standard InChI is InChI=1S/C32H41N5O3/c38-27-19-25-9-10-26(20-27)37(25)24-7-4-22(5-8-24)30-28-18-23(6-11-29(28)34-35-30)31(39)33-21-32(12-2-1-3-13-32)36-14-16-40-17-15-36/h4-8,11,18,25-27,38H,1-3,9-10,12-17,19-21H2,(H,33,39)(H,34,35)/t25-,26+,27?. The van der Waals surface area contributed by atoms with Crippen molar-refractivity contribution in [3.05, 3.63) is 48.0 Å². The number of aromatic amines is 1. The number of morpholine rings is 1. The van der Waals surface area contributed by atoms with E-state index in [0.717, 1.165) is 87.0 Å². The number of ether oxygens (including phenoxy) is 1. The summed E-state index contributed by atoms with van der Waals surface area (Å²) < 4.78 is 5.62. The van der Waals surface area contributed by atoms with Gasteiger partial charge in [0.05, 0.1) is 30.5 Å². The number of aromatic nitrogens is 2. The average molecular weight is 544 g/mol. The highest BCUT2D eigenvalue weighted by Gasteiger charge is 2.40. The van der Waals surface area contributed by atoms with Crippen LogP contribution in [0.3, 0.4) is 0 Å². The third-order valence-corrected chi connectivity index (χ3v) is 10.0. The van der Waals surface area contributed by atoms with Crippen LogP contribution in [0, 0.1) is 0 Å². The van der Waals surface area contributed by atoms with Crippen LogP contribution >= 0.6 is 0 Å². The number of piperidine rings is 1. The van der Waals surface area contributed by atoms with Gasteiger partial charge in [0.25, 0.3) is 5.91 Å². The van der Waals surface area contributed by atoms with Crippen LogP contribution in [0.4, 0.5) is 5.69 Å². The summed E-state index contributed by atoms with van der Waals surface area (Å²) in [5, 5.41) is 22.2. The number of H-pyrrole nitrogens is 1. The van der Waals surface area contributed by atoms with Gasteiger partial charge in [0.1, 0.15) is 0 Å². The molecule has 40 heavy (non-hydrogen) atoms. The molecule has 1 aromatic heterocycles. The lowest BCUT2D eigenvalue weighted by Crippen LogP contribution is -2.59. The highest BCUT2D eigenvalue weighted by molar-refractivity contribution is 6.01.